The van der Waals surface area contributed by atoms with Crippen LogP contribution in [0.25, 0.3) is 0 Å². The largest absolute Gasteiger partial charge is 0.396 e. The van der Waals surface area contributed by atoms with Gasteiger partial charge >= 0.3 is 0 Å². The molecule has 0 aromatic heterocycles. The van der Waals surface area contributed by atoms with Crippen LogP contribution in [0.4, 0.5) is 0 Å². The molecule has 2 N–H and O–H groups in total. The molecular weight excluding hydrogens is 254 g/mol. The topological polar surface area (TPSA) is 32.3 Å². The summed E-state index contributed by atoms with van der Waals surface area (Å²) in [5, 5.41) is 13.1. The molecule has 0 bridgehead atoms. The molecule has 2 unspecified atom stereocenters. The Hall–Kier alpha value is -0.510. The Labute approximate surface area is 122 Å². The number of thioether (sulfide) groups is 1. The molecular formula is C16H27NOS. The van der Waals surface area contributed by atoms with E-state index in [0.717, 1.165) is 18.7 Å². The number of rotatable bonds is 8. The average molecular weight is 281 g/mol. The number of aliphatic hydroxyl groups is 1. The maximum Gasteiger partial charge on any atom is 0.0441 e. The van der Waals surface area contributed by atoms with Crippen LogP contribution < -0.4 is 5.32 Å². The summed E-state index contributed by atoms with van der Waals surface area (Å²) >= 11 is 1.93. The van der Waals surface area contributed by atoms with Crippen LogP contribution in [0.5, 0.6) is 0 Å². The van der Waals surface area contributed by atoms with Gasteiger partial charge in [0.25, 0.3) is 0 Å². The summed E-state index contributed by atoms with van der Waals surface area (Å²) < 4.78 is 0. The molecule has 2 nitrogen and oxygen atoms in total. The zero-order valence-corrected chi connectivity index (χ0v) is 13.4. The van der Waals surface area contributed by atoms with Gasteiger partial charge in [0.05, 0.1) is 0 Å². The third kappa shape index (κ3) is 5.55. The van der Waals surface area contributed by atoms with Crippen molar-refractivity contribution in [1.29, 1.82) is 0 Å². The molecule has 0 spiro atoms. The molecule has 0 heterocycles. The fourth-order valence-corrected chi connectivity index (χ4v) is 3.34. The molecule has 2 atom stereocenters. The van der Waals surface area contributed by atoms with Crippen molar-refractivity contribution in [3.05, 3.63) is 34.9 Å². The second-order valence-electron chi connectivity index (χ2n) is 5.13. The zero-order chi connectivity index (χ0) is 14.3. The molecule has 108 valence electrons. The van der Waals surface area contributed by atoms with Crippen molar-refractivity contribution in [3.8, 4) is 0 Å². The van der Waals surface area contributed by atoms with Gasteiger partial charge in [-0.1, -0.05) is 37.6 Å². The number of aryl methyl sites for hydroxylation is 2. The number of aliphatic hydroxyl groups excluding tert-OH is 1. The maximum absolute atomic E-state index is 8.97. The minimum atomic E-state index is 0.281. The number of hydrogen-bond acceptors (Lipinski definition) is 3. The van der Waals surface area contributed by atoms with E-state index in [1.54, 1.807) is 0 Å². The Balaban J connectivity index is 2.70. The van der Waals surface area contributed by atoms with Gasteiger partial charge in [0.1, 0.15) is 0 Å². The molecule has 1 aromatic carbocycles. The first-order valence-corrected chi connectivity index (χ1v) is 8.16. The summed E-state index contributed by atoms with van der Waals surface area (Å²) in [5.41, 5.74) is 4.08. The summed E-state index contributed by atoms with van der Waals surface area (Å²) in [6.07, 6.45) is 0.871. The normalized spacial score (nSPS) is 14.4. The molecule has 0 radical (unpaired) electrons. The second kappa shape index (κ2) is 8.62. The summed E-state index contributed by atoms with van der Waals surface area (Å²) in [7, 11) is 0. The lowest BCUT2D eigenvalue weighted by molar-refractivity contribution is 0.289. The molecule has 0 aliphatic rings. The van der Waals surface area contributed by atoms with Crippen LogP contribution in [0.3, 0.4) is 0 Å². The highest BCUT2D eigenvalue weighted by Crippen LogP contribution is 2.25. The van der Waals surface area contributed by atoms with Crippen molar-refractivity contribution in [1.82, 2.24) is 5.32 Å². The predicted molar refractivity (Wildman–Crippen MR) is 86.0 cm³/mol. The minimum Gasteiger partial charge on any atom is -0.396 e. The molecule has 0 fully saturated rings. The van der Waals surface area contributed by atoms with Crippen LogP contribution in [0.2, 0.25) is 0 Å². The lowest BCUT2D eigenvalue weighted by atomic mass is 10.0. The first kappa shape index (κ1) is 16.5. The molecule has 0 aliphatic heterocycles. The highest BCUT2D eigenvalue weighted by Gasteiger charge is 2.14. The van der Waals surface area contributed by atoms with E-state index in [4.69, 9.17) is 5.11 Å². The van der Waals surface area contributed by atoms with Gasteiger partial charge in [0.15, 0.2) is 0 Å². The molecule has 0 saturated heterocycles. The molecule has 1 aromatic rings. The van der Waals surface area contributed by atoms with Gasteiger partial charge in [-0.05, 0) is 37.9 Å². The standard InChI is InChI=1S/C16H27NOS/c1-5-17-16(11-19-14(4)8-9-18)15-7-6-12(2)10-13(15)3/h6-7,10,14,16-18H,5,8-9,11H2,1-4H3. The van der Waals surface area contributed by atoms with E-state index in [2.05, 4.69) is 51.2 Å². The van der Waals surface area contributed by atoms with E-state index in [1.165, 1.54) is 16.7 Å². The molecule has 1 rings (SSSR count). The summed E-state index contributed by atoms with van der Waals surface area (Å²) in [6.45, 7) is 9.92. The number of benzene rings is 1. The van der Waals surface area contributed by atoms with Crippen LogP contribution >= 0.6 is 11.8 Å². The number of hydrogen-bond donors (Lipinski definition) is 2. The Bertz CT molecular complexity index is 381. The van der Waals surface area contributed by atoms with Crippen LogP contribution in [0, 0.1) is 13.8 Å². The van der Waals surface area contributed by atoms with Crippen molar-refractivity contribution in [2.45, 2.75) is 45.4 Å². The minimum absolute atomic E-state index is 0.281. The van der Waals surface area contributed by atoms with Gasteiger partial charge in [-0.15, -0.1) is 0 Å². The summed E-state index contributed by atoms with van der Waals surface area (Å²) in [6, 6.07) is 7.09. The van der Waals surface area contributed by atoms with Gasteiger partial charge in [-0.2, -0.15) is 11.8 Å². The highest BCUT2D eigenvalue weighted by molar-refractivity contribution is 7.99. The first-order valence-electron chi connectivity index (χ1n) is 7.11. The van der Waals surface area contributed by atoms with Crippen LogP contribution in [0.15, 0.2) is 18.2 Å². The Kier molecular flexibility index (Phi) is 7.51. The third-order valence-corrected chi connectivity index (χ3v) is 4.66. The fraction of sp³-hybridized carbons (Fsp3) is 0.625. The Morgan fingerprint density at radius 3 is 2.63 bits per heavy atom. The summed E-state index contributed by atoms with van der Waals surface area (Å²) in [5.74, 6) is 1.05. The van der Waals surface area contributed by atoms with Crippen molar-refractivity contribution in [3.63, 3.8) is 0 Å². The van der Waals surface area contributed by atoms with Crippen LogP contribution in [-0.2, 0) is 0 Å². The average Bonchev–Trinajstić information content (AvgIpc) is 2.35. The molecule has 0 saturated carbocycles. The van der Waals surface area contributed by atoms with E-state index in [0.29, 0.717) is 11.3 Å². The predicted octanol–water partition coefficient (Wildman–Crippen LogP) is 3.46. The van der Waals surface area contributed by atoms with Crippen LogP contribution in [0.1, 0.15) is 43.0 Å². The first-order chi connectivity index (χ1) is 9.08. The van der Waals surface area contributed by atoms with E-state index in [1.807, 2.05) is 11.8 Å². The van der Waals surface area contributed by atoms with Crippen molar-refractivity contribution < 1.29 is 5.11 Å². The zero-order valence-electron chi connectivity index (χ0n) is 12.6. The molecule has 19 heavy (non-hydrogen) atoms. The quantitative estimate of drug-likeness (QED) is 0.765. The Morgan fingerprint density at radius 2 is 2.05 bits per heavy atom. The lowest BCUT2D eigenvalue weighted by Crippen LogP contribution is -2.24. The highest BCUT2D eigenvalue weighted by atomic mass is 32.2. The van der Waals surface area contributed by atoms with Crippen LogP contribution in [-0.4, -0.2) is 29.3 Å². The fourth-order valence-electron chi connectivity index (χ4n) is 2.25. The van der Waals surface area contributed by atoms with Gasteiger partial charge in [0, 0.05) is 23.7 Å². The molecule has 0 aliphatic carbocycles. The van der Waals surface area contributed by atoms with E-state index in [-0.39, 0.29) is 6.61 Å². The maximum atomic E-state index is 8.97. The lowest BCUT2D eigenvalue weighted by Gasteiger charge is -2.22. The Morgan fingerprint density at radius 1 is 1.32 bits per heavy atom. The summed E-state index contributed by atoms with van der Waals surface area (Å²) in [4.78, 5) is 0. The smallest absolute Gasteiger partial charge is 0.0441 e. The number of nitrogens with one attached hydrogen (secondary N) is 1. The van der Waals surface area contributed by atoms with Crippen molar-refractivity contribution in [2.75, 3.05) is 18.9 Å². The monoisotopic (exact) mass is 281 g/mol. The molecule has 3 heteroatoms. The van der Waals surface area contributed by atoms with Crippen molar-refractivity contribution in [2.24, 2.45) is 0 Å². The van der Waals surface area contributed by atoms with Gasteiger partial charge in [-0.3, -0.25) is 0 Å². The van der Waals surface area contributed by atoms with Gasteiger partial charge in [0.2, 0.25) is 0 Å². The van der Waals surface area contributed by atoms with Crippen molar-refractivity contribution >= 4 is 11.8 Å². The van der Waals surface area contributed by atoms with Gasteiger partial charge < -0.3 is 10.4 Å². The van der Waals surface area contributed by atoms with E-state index in [9.17, 15) is 0 Å². The van der Waals surface area contributed by atoms with E-state index < -0.39 is 0 Å². The molecule has 0 amide bonds. The van der Waals surface area contributed by atoms with E-state index >= 15 is 0 Å². The SMILES string of the molecule is CCNC(CSC(C)CCO)c1ccc(C)cc1C. The van der Waals surface area contributed by atoms with Gasteiger partial charge in [-0.25, -0.2) is 0 Å². The third-order valence-electron chi connectivity index (χ3n) is 3.33. The second-order valence-corrected chi connectivity index (χ2v) is 6.60.